The minimum Gasteiger partial charge on any atom is -0.319 e. The molecule has 3 rings (SSSR count). The number of anilines is 1. The molecule has 7 nitrogen and oxygen atoms in total. The lowest BCUT2D eigenvalue weighted by Gasteiger charge is -2.10. The Bertz CT molecular complexity index is 1220. The molecule has 168 valence electrons. The van der Waals surface area contributed by atoms with Gasteiger partial charge in [-0.25, -0.2) is 8.78 Å². The first kappa shape index (κ1) is 22.8. The van der Waals surface area contributed by atoms with Crippen molar-refractivity contribution >= 4 is 17.3 Å². The topological polar surface area (TPSA) is 90.1 Å². The van der Waals surface area contributed by atoms with Gasteiger partial charge < -0.3 is 5.32 Å². The summed E-state index contributed by atoms with van der Waals surface area (Å²) >= 11 is 0. The van der Waals surface area contributed by atoms with Crippen LogP contribution in [-0.4, -0.2) is 20.6 Å². The lowest BCUT2D eigenvalue weighted by Crippen LogP contribution is -2.14. The van der Waals surface area contributed by atoms with Gasteiger partial charge in [0.15, 0.2) is 17.3 Å². The number of rotatable bonds is 5. The fraction of sp³-hybridized carbons (Fsp3) is 0.200. The van der Waals surface area contributed by atoms with Gasteiger partial charge >= 0.3 is 6.18 Å². The summed E-state index contributed by atoms with van der Waals surface area (Å²) in [5.41, 5.74) is -2.96. The second kappa shape index (κ2) is 8.36. The first-order valence-corrected chi connectivity index (χ1v) is 9.13. The summed E-state index contributed by atoms with van der Waals surface area (Å²) in [6.45, 7) is 2.85. The predicted octanol–water partition coefficient (Wildman–Crippen LogP) is 5.34. The van der Waals surface area contributed by atoms with E-state index in [0.717, 1.165) is 28.9 Å². The predicted molar refractivity (Wildman–Crippen MR) is 104 cm³/mol. The van der Waals surface area contributed by atoms with Crippen molar-refractivity contribution in [3.05, 3.63) is 75.0 Å². The van der Waals surface area contributed by atoms with E-state index in [1.165, 1.54) is 19.9 Å². The van der Waals surface area contributed by atoms with Crippen LogP contribution >= 0.6 is 0 Å². The molecular formula is C20H15F5N4O3. The first-order chi connectivity index (χ1) is 14.9. The fourth-order valence-corrected chi connectivity index (χ4v) is 2.99. The fourth-order valence-electron chi connectivity index (χ4n) is 2.99. The SMILES string of the molecule is CCn1nc(C(F)(F)F)cc1-c1ccc(C(=O)Nc2ccc(C)c(F)c2F)cc1[N+](=O)[O-]. The zero-order valence-corrected chi connectivity index (χ0v) is 16.6. The van der Waals surface area contributed by atoms with Crippen LogP contribution in [0.1, 0.15) is 28.5 Å². The number of benzene rings is 2. The second-order valence-electron chi connectivity index (χ2n) is 6.73. The van der Waals surface area contributed by atoms with Crippen LogP contribution in [0.5, 0.6) is 0 Å². The number of hydrogen-bond donors (Lipinski definition) is 1. The Balaban J connectivity index is 2.02. The highest BCUT2D eigenvalue weighted by atomic mass is 19.4. The van der Waals surface area contributed by atoms with Gasteiger partial charge in [-0.05, 0) is 43.7 Å². The molecule has 0 spiro atoms. The van der Waals surface area contributed by atoms with E-state index >= 15 is 0 Å². The minimum atomic E-state index is -4.75. The van der Waals surface area contributed by atoms with Crippen LogP contribution in [0.3, 0.4) is 0 Å². The number of aromatic nitrogens is 2. The summed E-state index contributed by atoms with van der Waals surface area (Å²) in [5, 5.41) is 17.1. The Morgan fingerprint density at radius 2 is 1.84 bits per heavy atom. The van der Waals surface area contributed by atoms with Crippen molar-refractivity contribution in [2.24, 2.45) is 0 Å². The van der Waals surface area contributed by atoms with Crippen LogP contribution in [0.25, 0.3) is 11.3 Å². The molecular weight excluding hydrogens is 439 g/mol. The van der Waals surface area contributed by atoms with E-state index in [-0.39, 0.29) is 28.9 Å². The normalized spacial score (nSPS) is 11.5. The van der Waals surface area contributed by atoms with Crippen LogP contribution in [0.2, 0.25) is 0 Å². The molecule has 0 unspecified atom stereocenters. The summed E-state index contributed by atoms with van der Waals surface area (Å²) in [4.78, 5) is 23.2. The molecule has 0 radical (unpaired) electrons. The summed E-state index contributed by atoms with van der Waals surface area (Å²) in [6.07, 6.45) is -4.75. The molecule has 0 bridgehead atoms. The van der Waals surface area contributed by atoms with Crippen molar-refractivity contribution < 1.29 is 31.7 Å². The van der Waals surface area contributed by atoms with Crippen LogP contribution in [-0.2, 0) is 12.7 Å². The Morgan fingerprint density at radius 1 is 1.16 bits per heavy atom. The zero-order valence-electron chi connectivity index (χ0n) is 16.6. The highest BCUT2D eigenvalue weighted by Gasteiger charge is 2.36. The molecule has 3 aromatic rings. The van der Waals surface area contributed by atoms with Gasteiger partial charge in [0.25, 0.3) is 11.6 Å². The highest BCUT2D eigenvalue weighted by Crippen LogP contribution is 2.36. The number of nitrogens with one attached hydrogen (secondary N) is 1. The molecule has 0 saturated heterocycles. The van der Waals surface area contributed by atoms with Crippen molar-refractivity contribution in [3.8, 4) is 11.3 Å². The monoisotopic (exact) mass is 454 g/mol. The Morgan fingerprint density at radius 3 is 2.44 bits per heavy atom. The van der Waals surface area contributed by atoms with Gasteiger partial charge in [-0.1, -0.05) is 6.07 Å². The standard InChI is InChI=1S/C20H15F5N4O3/c1-3-28-14(9-16(27-28)20(23,24)25)12-6-5-11(8-15(12)29(31)32)19(30)26-13-7-4-10(2)17(21)18(13)22/h4-9H,3H2,1-2H3,(H,26,30). The molecule has 0 atom stereocenters. The first-order valence-electron chi connectivity index (χ1n) is 9.13. The van der Waals surface area contributed by atoms with E-state index in [4.69, 9.17) is 0 Å². The third kappa shape index (κ3) is 4.29. The molecule has 0 saturated carbocycles. The van der Waals surface area contributed by atoms with Crippen molar-refractivity contribution in [1.82, 2.24) is 9.78 Å². The molecule has 0 aliphatic heterocycles. The third-order valence-corrected chi connectivity index (χ3v) is 4.63. The van der Waals surface area contributed by atoms with Gasteiger partial charge in [-0.2, -0.15) is 18.3 Å². The Labute approximate surface area is 177 Å². The number of hydrogen-bond acceptors (Lipinski definition) is 4. The molecule has 0 aliphatic rings. The van der Waals surface area contributed by atoms with E-state index in [1.807, 2.05) is 0 Å². The highest BCUT2D eigenvalue weighted by molar-refractivity contribution is 6.05. The summed E-state index contributed by atoms with van der Waals surface area (Å²) in [7, 11) is 0. The average molecular weight is 454 g/mol. The molecule has 12 heteroatoms. The van der Waals surface area contributed by atoms with Crippen molar-refractivity contribution in [2.75, 3.05) is 5.32 Å². The molecule has 1 aromatic heterocycles. The number of nitrogens with zero attached hydrogens (tertiary/aromatic N) is 3. The smallest absolute Gasteiger partial charge is 0.319 e. The molecule has 32 heavy (non-hydrogen) atoms. The van der Waals surface area contributed by atoms with Crippen LogP contribution in [0.4, 0.5) is 33.3 Å². The van der Waals surface area contributed by atoms with Crippen molar-refractivity contribution in [1.29, 1.82) is 0 Å². The largest absolute Gasteiger partial charge is 0.435 e. The third-order valence-electron chi connectivity index (χ3n) is 4.63. The van der Waals surface area contributed by atoms with Gasteiger partial charge in [0.1, 0.15) is 0 Å². The van der Waals surface area contributed by atoms with Gasteiger partial charge in [0, 0.05) is 18.2 Å². The van der Waals surface area contributed by atoms with E-state index in [2.05, 4.69) is 10.4 Å². The number of aryl methyl sites for hydroxylation is 2. The molecule has 1 N–H and O–H groups in total. The average Bonchev–Trinajstić information content (AvgIpc) is 3.18. The van der Waals surface area contributed by atoms with Crippen molar-refractivity contribution in [2.45, 2.75) is 26.6 Å². The number of nitro groups is 1. The van der Waals surface area contributed by atoms with Crippen LogP contribution in [0, 0.1) is 28.7 Å². The lowest BCUT2D eigenvalue weighted by atomic mass is 10.0. The quantitative estimate of drug-likeness (QED) is 0.320. The summed E-state index contributed by atoms with van der Waals surface area (Å²) in [6, 6.07) is 6.11. The number of nitro benzene ring substituents is 1. The molecule has 1 heterocycles. The Hall–Kier alpha value is -3.83. The van der Waals surface area contributed by atoms with Gasteiger partial charge in [0.05, 0.1) is 21.9 Å². The number of alkyl halides is 3. The van der Waals surface area contributed by atoms with Crippen LogP contribution < -0.4 is 5.32 Å². The number of carbonyl (C=O) groups excluding carboxylic acids is 1. The number of halogens is 5. The molecule has 1 amide bonds. The summed E-state index contributed by atoms with van der Waals surface area (Å²) in [5.74, 6) is -3.42. The molecule has 0 fully saturated rings. The maximum Gasteiger partial charge on any atom is 0.435 e. The van der Waals surface area contributed by atoms with Crippen LogP contribution in [0.15, 0.2) is 36.4 Å². The maximum atomic E-state index is 14.0. The van der Waals surface area contributed by atoms with E-state index in [1.54, 1.807) is 0 Å². The zero-order chi connectivity index (χ0) is 23.8. The Kier molecular flexibility index (Phi) is 5.97. The van der Waals surface area contributed by atoms with E-state index in [9.17, 15) is 36.9 Å². The van der Waals surface area contributed by atoms with E-state index < -0.39 is 45.7 Å². The molecule has 0 aliphatic carbocycles. The minimum absolute atomic E-state index is 0.00305. The number of carbonyl (C=O) groups is 1. The maximum absolute atomic E-state index is 14.0. The van der Waals surface area contributed by atoms with E-state index in [0.29, 0.717) is 6.07 Å². The van der Waals surface area contributed by atoms with Gasteiger partial charge in [-0.3, -0.25) is 19.6 Å². The second-order valence-corrected chi connectivity index (χ2v) is 6.73. The summed E-state index contributed by atoms with van der Waals surface area (Å²) < 4.78 is 67.8. The van der Waals surface area contributed by atoms with Gasteiger partial charge in [-0.15, -0.1) is 0 Å². The number of amides is 1. The lowest BCUT2D eigenvalue weighted by molar-refractivity contribution is -0.384. The van der Waals surface area contributed by atoms with Crippen molar-refractivity contribution in [3.63, 3.8) is 0 Å². The molecule has 2 aromatic carbocycles. The van der Waals surface area contributed by atoms with Gasteiger partial charge in [0.2, 0.25) is 0 Å².